The monoisotopic (exact) mass is 462 g/mol. The second-order valence-corrected chi connectivity index (χ2v) is 9.39. The van der Waals surface area contributed by atoms with Crippen molar-refractivity contribution in [2.75, 3.05) is 0 Å². The quantitative estimate of drug-likeness (QED) is 0.264. The number of halogens is 6. The highest BCUT2D eigenvalue weighted by atomic mass is 32.1. The van der Waals surface area contributed by atoms with E-state index in [1.165, 1.54) is 0 Å². The molecular formula is C20H13F6PS2. The Bertz CT molecular complexity index is 952. The van der Waals surface area contributed by atoms with Gasteiger partial charge in [-0.05, 0) is 66.3 Å². The first kappa shape index (κ1) is 22.1. The van der Waals surface area contributed by atoms with Crippen LogP contribution in [0.25, 0.3) is 0 Å². The number of hydrogen-bond donors (Lipinski definition) is 2. The lowest BCUT2D eigenvalue weighted by Crippen LogP contribution is -2.24. The topological polar surface area (TPSA) is 0 Å². The van der Waals surface area contributed by atoms with Crippen LogP contribution in [0.15, 0.2) is 76.5 Å². The van der Waals surface area contributed by atoms with Gasteiger partial charge in [-0.15, -0.1) is 25.3 Å². The summed E-state index contributed by atoms with van der Waals surface area (Å²) in [6, 6.07) is 15.0. The molecule has 0 spiro atoms. The molecule has 0 aliphatic rings. The second-order valence-electron chi connectivity index (χ2n) is 6.14. The lowest BCUT2D eigenvalue weighted by atomic mass is 10.1. The normalized spacial score (nSPS) is 12.4. The number of rotatable bonds is 3. The first-order chi connectivity index (χ1) is 13.4. The fraction of sp³-hybridized carbons (Fsp3) is 0.100. The molecule has 3 aromatic carbocycles. The summed E-state index contributed by atoms with van der Waals surface area (Å²) >= 11 is 8.52. The van der Waals surface area contributed by atoms with Gasteiger partial charge in [0.2, 0.25) is 0 Å². The molecule has 0 aliphatic heterocycles. The molecule has 0 nitrogen and oxygen atoms in total. The van der Waals surface area contributed by atoms with Crippen molar-refractivity contribution in [3.63, 3.8) is 0 Å². The molecular weight excluding hydrogens is 449 g/mol. The zero-order valence-corrected chi connectivity index (χ0v) is 17.1. The number of benzene rings is 3. The molecule has 0 fully saturated rings. The summed E-state index contributed by atoms with van der Waals surface area (Å²) in [6.07, 6.45) is -9.82. The van der Waals surface area contributed by atoms with E-state index >= 15 is 0 Å². The van der Waals surface area contributed by atoms with Gasteiger partial charge in [-0.3, -0.25) is 0 Å². The molecule has 0 heterocycles. The van der Waals surface area contributed by atoms with Crippen LogP contribution in [0.1, 0.15) is 11.1 Å². The molecule has 0 unspecified atom stereocenters. The van der Waals surface area contributed by atoms with E-state index in [2.05, 4.69) is 25.3 Å². The van der Waals surface area contributed by atoms with Crippen molar-refractivity contribution in [1.29, 1.82) is 0 Å². The summed E-state index contributed by atoms with van der Waals surface area (Å²) in [5.74, 6) is 0. The second kappa shape index (κ2) is 8.25. The third-order valence-corrected chi connectivity index (χ3v) is 6.93. The molecule has 0 aromatic heterocycles. The van der Waals surface area contributed by atoms with Crippen LogP contribution in [0, 0.1) is 0 Å². The predicted octanol–water partition coefficient (Wildman–Crippen LogP) is 6.06. The Balaban J connectivity index is 2.30. The maximum absolute atomic E-state index is 13.3. The van der Waals surface area contributed by atoms with Crippen LogP contribution in [0.4, 0.5) is 26.3 Å². The minimum Gasteiger partial charge on any atom is -0.166 e. The Hall–Kier alpha value is -1.63. The van der Waals surface area contributed by atoms with E-state index in [-0.39, 0.29) is 11.4 Å². The largest absolute Gasteiger partial charge is 0.416 e. The van der Waals surface area contributed by atoms with E-state index in [0.29, 0.717) is 20.4 Å². The molecule has 29 heavy (non-hydrogen) atoms. The van der Waals surface area contributed by atoms with Gasteiger partial charge in [0.05, 0.1) is 11.1 Å². The van der Waals surface area contributed by atoms with Gasteiger partial charge >= 0.3 is 12.4 Å². The minimum atomic E-state index is -4.91. The van der Waals surface area contributed by atoms with Crippen molar-refractivity contribution in [2.45, 2.75) is 22.1 Å². The van der Waals surface area contributed by atoms with Gasteiger partial charge in [0.1, 0.15) is 0 Å². The molecule has 0 atom stereocenters. The third kappa shape index (κ3) is 5.30. The van der Waals surface area contributed by atoms with E-state index < -0.39 is 31.4 Å². The first-order valence-electron chi connectivity index (χ1n) is 8.13. The van der Waals surface area contributed by atoms with Crippen molar-refractivity contribution in [1.82, 2.24) is 0 Å². The van der Waals surface area contributed by atoms with Crippen LogP contribution in [-0.2, 0) is 12.4 Å². The lowest BCUT2D eigenvalue weighted by Gasteiger charge is -2.23. The van der Waals surface area contributed by atoms with Gasteiger partial charge in [0.15, 0.2) is 0 Å². The van der Waals surface area contributed by atoms with Crippen LogP contribution in [0.2, 0.25) is 0 Å². The number of thiol groups is 2. The molecule has 9 heteroatoms. The Morgan fingerprint density at radius 1 is 0.552 bits per heavy atom. The molecule has 0 N–H and O–H groups in total. The summed E-state index contributed by atoms with van der Waals surface area (Å²) in [5, 5.41) is 1.11. The molecule has 0 bridgehead atoms. The van der Waals surface area contributed by atoms with Gasteiger partial charge in [0, 0.05) is 9.79 Å². The van der Waals surface area contributed by atoms with Crippen molar-refractivity contribution >= 4 is 49.1 Å². The Morgan fingerprint density at radius 2 is 0.966 bits per heavy atom. The molecule has 0 saturated heterocycles. The SMILES string of the molecule is FC(F)(F)c1cc(P(c2cccc(S)c2)c2cccc(S)c2)cc(C(F)(F)F)c1. The Kier molecular flexibility index (Phi) is 6.27. The van der Waals surface area contributed by atoms with Gasteiger partial charge in [0.25, 0.3) is 0 Å². The average molecular weight is 462 g/mol. The maximum atomic E-state index is 13.3. The Morgan fingerprint density at radius 3 is 1.31 bits per heavy atom. The number of alkyl halides is 6. The molecule has 3 aromatic rings. The van der Waals surface area contributed by atoms with Gasteiger partial charge in [-0.25, -0.2) is 0 Å². The molecule has 0 saturated carbocycles. The van der Waals surface area contributed by atoms with Crippen molar-refractivity contribution < 1.29 is 26.3 Å². The van der Waals surface area contributed by atoms with E-state index in [0.717, 1.165) is 12.1 Å². The fourth-order valence-electron chi connectivity index (χ4n) is 2.78. The first-order valence-corrected chi connectivity index (χ1v) is 10.4. The molecule has 0 aliphatic carbocycles. The summed E-state index contributed by atoms with van der Waals surface area (Å²) in [4.78, 5) is 1.11. The highest BCUT2D eigenvalue weighted by Gasteiger charge is 2.37. The van der Waals surface area contributed by atoms with Crippen LogP contribution >= 0.6 is 33.2 Å². The zero-order valence-electron chi connectivity index (χ0n) is 14.5. The molecule has 3 rings (SSSR count). The van der Waals surface area contributed by atoms with Crippen molar-refractivity contribution in [3.8, 4) is 0 Å². The van der Waals surface area contributed by atoms with E-state index in [4.69, 9.17) is 0 Å². The molecule has 0 radical (unpaired) electrons. The standard InChI is InChI=1S/C20H13F6PS2/c21-19(22,23)12-7-13(20(24,25)26)9-16(8-12)27(14-3-1-5-17(28)10-14)15-4-2-6-18(29)11-15/h1-11,28-29H. The van der Waals surface area contributed by atoms with Crippen LogP contribution < -0.4 is 15.9 Å². The smallest absolute Gasteiger partial charge is 0.166 e. The van der Waals surface area contributed by atoms with E-state index in [1.54, 1.807) is 48.5 Å². The average Bonchev–Trinajstić information content (AvgIpc) is 2.60. The van der Waals surface area contributed by atoms with E-state index in [9.17, 15) is 26.3 Å². The van der Waals surface area contributed by atoms with Crippen molar-refractivity contribution in [2.24, 2.45) is 0 Å². The molecule has 0 amide bonds. The molecule has 152 valence electrons. The van der Waals surface area contributed by atoms with Gasteiger partial charge < -0.3 is 0 Å². The van der Waals surface area contributed by atoms with Crippen molar-refractivity contribution in [3.05, 3.63) is 77.9 Å². The summed E-state index contributed by atoms with van der Waals surface area (Å²) in [6.45, 7) is 0. The minimum absolute atomic E-state index is 0.0555. The Labute approximate surface area is 175 Å². The maximum Gasteiger partial charge on any atom is 0.416 e. The third-order valence-electron chi connectivity index (χ3n) is 4.01. The van der Waals surface area contributed by atoms with Crippen LogP contribution in [0.3, 0.4) is 0 Å². The van der Waals surface area contributed by atoms with E-state index in [1.807, 2.05) is 0 Å². The van der Waals surface area contributed by atoms with Gasteiger partial charge in [-0.2, -0.15) is 26.3 Å². The summed E-state index contributed by atoms with van der Waals surface area (Å²) in [7, 11) is -1.70. The fourth-order valence-corrected chi connectivity index (χ4v) is 5.87. The summed E-state index contributed by atoms with van der Waals surface area (Å²) in [5.41, 5.74) is -2.67. The zero-order chi connectivity index (χ0) is 21.4. The highest BCUT2D eigenvalue weighted by molar-refractivity contribution is 7.81. The number of hydrogen-bond acceptors (Lipinski definition) is 2. The van der Waals surface area contributed by atoms with Crippen LogP contribution in [0.5, 0.6) is 0 Å². The highest BCUT2D eigenvalue weighted by Crippen LogP contribution is 2.40. The van der Waals surface area contributed by atoms with Gasteiger partial charge in [-0.1, -0.05) is 24.3 Å². The lowest BCUT2D eigenvalue weighted by molar-refractivity contribution is -0.142. The van der Waals surface area contributed by atoms with Crippen LogP contribution in [-0.4, -0.2) is 0 Å². The summed E-state index contributed by atoms with van der Waals surface area (Å²) < 4.78 is 80.1. The predicted molar refractivity (Wildman–Crippen MR) is 110 cm³/mol.